The number of carbonyl (C=O) groups is 1. The summed E-state index contributed by atoms with van der Waals surface area (Å²) in [4.78, 5) is 15.8. The Kier molecular flexibility index (Phi) is 5.27. The van der Waals surface area contributed by atoms with Gasteiger partial charge in [-0.05, 0) is 24.3 Å². The van der Waals surface area contributed by atoms with Crippen LogP contribution in [0.15, 0.2) is 29.6 Å². The molecule has 0 spiro atoms. The van der Waals surface area contributed by atoms with Crippen molar-refractivity contribution < 1.29 is 9.18 Å². The number of carbonyl (C=O) groups excluding carboxylic acids is 1. The minimum absolute atomic E-state index is 0.00468. The van der Waals surface area contributed by atoms with Crippen molar-refractivity contribution in [3.8, 4) is 11.3 Å². The van der Waals surface area contributed by atoms with E-state index < -0.39 is 0 Å². The summed E-state index contributed by atoms with van der Waals surface area (Å²) >= 11 is 1.49. The molecule has 6 heteroatoms. The third-order valence-corrected chi connectivity index (χ3v) is 3.67. The van der Waals surface area contributed by atoms with Crippen molar-refractivity contribution in [1.29, 1.82) is 0 Å². The van der Waals surface area contributed by atoms with Crippen molar-refractivity contribution in [2.75, 3.05) is 18.4 Å². The summed E-state index contributed by atoms with van der Waals surface area (Å²) in [5, 5.41) is 8.69. The maximum Gasteiger partial charge on any atom is 0.222 e. The van der Waals surface area contributed by atoms with Gasteiger partial charge in [-0.1, -0.05) is 13.8 Å². The predicted octanol–water partition coefficient (Wildman–Crippen LogP) is 3.13. The third-order valence-electron chi connectivity index (χ3n) is 2.87. The zero-order valence-corrected chi connectivity index (χ0v) is 12.8. The highest BCUT2D eigenvalue weighted by atomic mass is 32.1. The highest BCUT2D eigenvalue weighted by Crippen LogP contribution is 2.24. The summed E-state index contributed by atoms with van der Waals surface area (Å²) in [5.74, 6) is -0.217. The van der Waals surface area contributed by atoms with Crippen LogP contribution in [0.5, 0.6) is 0 Å². The second-order valence-corrected chi connectivity index (χ2v) is 5.78. The number of amides is 1. The number of hydrogen-bond acceptors (Lipinski definition) is 4. The molecule has 21 heavy (non-hydrogen) atoms. The lowest BCUT2D eigenvalue weighted by Crippen LogP contribution is -2.31. The molecule has 0 bridgehead atoms. The topological polar surface area (TPSA) is 54.0 Å². The van der Waals surface area contributed by atoms with Crippen molar-refractivity contribution in [2.45, 2.75) is 13.8 Å². The van der Waals surface area contributed by atoms with Crippen LogP contribution in [0.3, 0.4) is 0 Å². The number of hydrogen-bond donors (Lipinski definition) is 2. The molecular weight excluding hydrogens is 289 g/mol. The molecule has 0 aliphatic rings. The van der Waals surface area contributed by atoms with E-state index in [2.05, 4.69) is 15.6 Å². The van der Waals surface area contributed by atoms with Gasteiger partial charge in [-0.25, -0.2) is 9.37 Å². The molecule has 1 aromatic carbocycles. The fourth-order valence-electron chi connectivity index (χ4n) is 1.67. The van der Waals surface area contributed by atoms with E-state index in [1.54, 1.807) is 12.1 Å². The number of thiazole rings is 1. The maximum absolute atomic E-state index is 12.9. The summed E-state index contributed by atoms with van der Waals surface area (Å²) in [6, 6.07) is 6.25. The zero-order chi connectivity index (χ0) is 15.2. The van der Waals surface area contributed by atoms with Gasteiger partial charge in [0.05, 0.1) is 5.69 Å². The molecule has 1 heterocycles. The van der Waals surface area contributed by atoms with Gasteiger partial charge in [0, 0.05) is 30.0 Å². The fraction of sp³-hybridized carbons (Fsp3) is 0.333. The molecular formula is C15H18FN3OS. The first-order valence-corrected chi connectivity index (χ1v) is 7.67. The third kappa shape index (κ3) is 4.53. The molecule has 0 fully saturated rings. The molecule has 4 nitrogen and oxygen atoms in total. The van der Waals surface area contributed by atoms with Crippen LogP contribution in [0.25, 0.3) is 11.3 Å². The van der Waals surface area contributed by atoms with Crippen molar-refractivity contribution >= 4 is 22.4 Å². The summed E-state index contributed by atoms with van der Waals surface area (Å²) < 4.78 is 12.9. The average Bonchev–Trinajstić information content (AvgIpc) is 2.93. The lowest BCUT2D eigenvalue weighted by Gasteiger charge is -2.07. The molecule has 0 saturated heterocycles. The summed E-state index contributed by atoms with van der Waals surface area (Å²) in [6.07, 6.45) is 0. The molecule has 0 aliphatic heterocycles. The molecule has 0 unspecified atom stereocenters. The monoisotopic (exact) mass is 307 g/mol. The molecule has 0 radical (unpaired) electrons. The van der Waals surface area contributed by atoms with Gasteiger partial charge in [-0.3, -0.25) is 4.79 Å². The number of aromatic nitrogens is 1. The first-order valence-electron chi connectivity index (χ1n) is 6.79. The first kappa shape index (κ1) is 15.4. The largest absolute Gasteiger partial charge is 0.360 e. The van der Waals surface area contributed by atoms with E-state index in [9.17, 15) is 9.18 Å². The molecule has 2 aromatic rings. The first-order chi connectivity index (χ1) is 10.1. The van der Waals surface area contributed by atoms with Crippen molar-refractivity contribution in [1.82, 2.24) is 10.3 Å². The maximum atomic E-state index is 12.9. The van der Waals surface area contributed by atoms with Gasteiger partial charge in [0.15, 0.2) is 5.13 Å². The van der Waals surface area contributed by atoms with Gasteiger partial charge < -0.3 is 10.6 Å². The molecule has 2 rings (SSSR count). The number of anilines is 1. The molecule has 1 amide bonds. The highest BCUT2D eigenvalue weighted by Gasteiger charge is 2.06. The molecule has 0 atom stereocenters. The van der Waals surface area contributed by atoms with Crippen molar-refractivity contribution in [3.63, 3.8) is 0 Å². The Hall–Kier alpha value is -1.95. The Labute approximate surface area is 127 Å². The van der Waals surface area contributed by atoms with E-state index in [4.69, 9.17) is 0 Å². The van der Waals surface area contributed by atoms with Crippen LogP contribution >= 0.6 is 11.3 Å². The van der Waals surface area contributed by atoms with E-state index in [1.807, 2.05) is 19.2 Å². The van der Waals surface area contributed by atoms with Gasteiger partial charge in [-0.15, -0.1) is 11.3 Å². The number of nitrogens with one attached hydrogen (secondary N) is 2. The number of rotatable bonds is 6. The van der Waals surface area contributed by atoms with Crippen LogP contribution in [-0.2, 0) is 4.79 Å². The van der Waals surface area contributed by atoms with E-state index in [0.29, 0.717) is 13.1 Å². The molecule has 2 N–H and O–H groups in total. The molecule has 112 valence electrons. The average molecular weight is 307 g/mol. The molecule has 1 aromatic heterocycles. The zero-order valence-electron chi connectivity index (χ0n) is 12.0. The van der Waals surface area contributed by atoms with Crippen LogP contribution in [0.1, 0.15) is 13.8 Å². The van der Waals surface area contributed by atoms with Crippen molar-refractivity contribution in [3.05, 3.63) is 35.5 Å². The summed E-state index contributed by atoms with van der Waals surface area (Å²) in [5.41, 5.74) is 1.70. The van der Waals surface area contributed by atoms with Crippen LogP contribution in [0.4, 0.5) is 9.52 Å². The Morgan fingerprint density at radius 1 is 1.29 bits per heavy atom. The Morgan fingerprint density at radius 3 is 2.67 bits per heavy atom. The van der Waals surface area contributed by atoms with E-state index in [0.717, 1.165) is 16.4 Å². The van der Waals surface area contributed by atoms with E-state index >= 15 is 0 Å². The number of nitrogens with zero attached hydrogens (tertiary/aromatic N) is 1. The van der Waals surface area contributed by atoms with Gasteiger partial charge in [0.1, 0.15) is 5.82 Å². The minimum atomic E-state index is -0.256. The van der Waals surface area contributed by atoms with Crippen LogP contribution < -0.4 is 10.6 Å². The smallest absolute Gasteiger partial charge is 0.222 e. The number of benzene rings is 1. The Bertz CT molecular complexity index is 595. The van der Waals surface area contributed by atoms with Crippen molar-refractivity contribution in [2.24, 2.45) is 5.92 Å². The Balaban J connectivity index is 1.83. The minimum Gasteiger partial charge on any atom is -0.360 e. The standard InChI is InChI=1S/C15H18FN3OS/c1-10(2)14(20)17-7-8-18-15-19-13(9-21-15)11-3-5-12(16)6-4-11/h3-6,9-10H,7-8H2,1-2H3,(H,17,20)(H,18,19). The second-order valence-electron chi connectivity index (χ2n) is 4.92. The highest BCUT2D eigenvalue weighted by molar-refractivity contribution is 7.14. The quantitative estimate of drug-likeness (QED) is 0.806. The van der Waals surface area contributed by atoms with Gasteiger partial charge in [0.25, 0.3) is 0 Å². The number of halogens is 1. The predicted molar refractivity (Wildman–Crippen MR) is 83.8 cm³/mol. The van der Waals surface area contributed by atoms with Crippen LogP contribution in [0, 0.1) is 11.7 Å². The molecule has 0 saturated carbocycles. The Morgan fingerprint density at radius 2 is 2.00 bits per heavy atom. The summed E-state index contributed by atoms with van der Waals surface area (Å²) in [6.45, 7) is 4.90. The van der Waals surface area contributed by atoms with E-state index in [1.165, 1.54) is 23.5 Å². The summed E-state index contributed by atoms with van der Waals surface area (Å²) in [7, 11) is 0. The fourth-order valence-corrected chi connectivity index (χ4v) is 2.42. The van der Waals surface area contributed by atoms with Gasteiger partial charge in [0.2, 0.25) is 5.91 Å². The van der Waals surface area contributed by atoms with E-state index in [-0.39, 0.29) is 17.6 Å². The van der Waals surface area contributed by atoms with Crippen LogP contribution in [-0.4, -0.2) is 24.0 Å². The van der Waals surface area contributed by atoms with Crippen LogP contribution in [0.2, 0.25) is 0 Å². The van der Waals surface area contributed by atoms with Gasteiger partial charge in [-0.2, -0.15) is 0 Å². The molecule has 0 aliphatic carbocycles. The SMILES string of the molecule is CC(C)C(=O)NCCNc1nc(-c2ccc(F)cc2)cs1. The lowest BCUT2D eigenvalue weighted by atomic mass is 10.2. The second kappa shape index (κ2) is 7.17. The normalized spacial score (nSPS) is 10.7. The van der Waals surface area contributed by atoms with Gasteiger partial charge >= 0.3 is 0 Å². The lowest BCUT2D eigenvalue weighted by molar-refractivity contribution is -0.123.